The molecule has 2 aliphatic heterocycles. The molecule has 158 valence electrons. The summed E-state index contributed by atoms with van der Waals surface area (Å²) in [5.41, 5.74) is 4.23. The van der Waals surface area contributed by atoms with Crippen LogP contribution < -0.4 is 10.2 Å². The standard InChI is InChI=1S/C22H23N7O2/c1-13-5-20(27-21(25-13)15-7-24-29(9-15)16-10-31-11-16)28-12-22(3-4-22)17-8-23-19(6-18(17)28)26-14(2)30/h5-9,16H,3-4,10-12H2,1-2H3,(H,23,26,30). The zero-order valence-electron chi connectivity index (χ0n) is 17.5. The van der Waals surface area contributed by atoms with Gasteiger partial charge in [-0.25, -0.2) is 15.0 Å². The van der Waals surface area contributed by atoms with Gasteiger partial charge in [-0.2, -0.15) is 5.10 Å². The normalized spacial score (nSPS) is 18.7. The molecule has 0 aromatic carbocycles. The summed E-state index contributed by atoms with van der Waals surface area (Å²) in [4.78, 5) is 27.8. The fourth-order valence-corrected chi connectivity index (χ4v) is 4.43. The van der Waals surface area contributed by atoms with Crippen molar-refractivity contribution >= 4 is 23.2 Å². The molecular weight excluding hydrogens is 394 g/mol. The summed E-state index contributed by atoms with van der Waals surface area (Å²) in [7, 11) is 0. The van der Waals surface area contributed by atoms with Gasteiger partial charge in [0.25, 0.3) is 0 Å². The third-order valence-electron chi connectivity index (χ3n) is 6.33. The van der Waals surface area contributed by atoms with Gasteiger partial charge in [0.1, 0.15) is 11.6 Å². The number of nitrogens with zero attached hydrogens (tertiary/aromatic N) is 6. The molecule has 9 heteroatoms. The number of pyridine rings is 1. The average molecular weight is 417 g/mol. The third-order valence-corrected chi connectivity index (χ3v) is 6.33. The minimum Gasteiger partial charge on any atom is -0.377 e. The van der Waals surface area contributed by atoms with Gasteiger partial charge < -0.3 is 15.0 Å². The maximum atomic E-state index is 11.5. The number of ether oxygens (including phenoxy) is 1. The van der Waals surface area contributed by atoms with E-state index in [1.54, 1.807) is 0 Å². The number of nitrogens with one attached hydrogen (secondary N) is 1. The zero-order valence-corrected chi connectivity index (χ0v) is 17.5. The van der Waals surface area contributed by atoms with Gasteiger partial charge in [0, 0.05) is 54.7 Å². The maximum absolute atomic E-state index is 11.5. The maximum Gasteiger partial charge on any atom is 0.222 e. The number of hydrogen-bond acceptors (Lipinski definition) is 7. The molecule has 0 atom stereocenters. The average Bonchev–Trinajstić information content (AvgIpc) is 3.18. The van der Waals surface area contributed by atoms with E-state index >= 15 is 0 Å². The number of carbonyl (C=O) groups is 1. The molecule has 1 saturated heterocycles. The molecule has 2 fully saturated rings. The summed E-state index contributed by atoms with van der Waals surface area (Å²) < 4.78 is 7.20. The minimum absolute atomic E-state index is 0.132. The lowest BCUT2D eigenvalue weighted by Crippen LogP contribution is -2.30. The van der Waals surface area contributed by atoms with Gasteiger partial charge >= 0.3 is 0 Å². The van der Waals surface area contributed by atoms with E-state index in [0.717, 1.165) is 42.1 Å². The lowest BCUT2D eigenvalue weighted by Gasteiger charge is -2.25. The molecular formula is C22H23N7O2. The van der Waals surface area contributed by atoms with Crippen molar-refractivity contribution in [3.05, 3.63) is 42.0 Å². The summed E-state index contributed by atoms with van der Waals surface area (Å²) in [6.45, 7) is 5.72. The Labute approximate surface area is 179 Å². The summed E-state index contributed by atoms with van der Waals surface area (Å²) in [6.07, 6.45) is 8.00. The number of aryl methyl sites for hydroxylation is 1. The van der Waals surface area contributed by atoms with Crippen LogP contribution in [0.3, 0.4) is 0 Å². The summed E-state index contributed by atoms with van der Waals surface area (Å²) in [6, 6.07) is 4.25. The lowest BCUT2D eigenvalue weighted by atomic mass is 10.0. The van der Waals surface area contributed by atoms with Crippen molar-refractivity contribution in [1.82, 2.24) is 24.7 Å². The number of carbonyl (C=O) groups excluding carboxylic acids is 1. The van der Waals surface area contributed by atoms with Crippen molar-refractivity contribution in [2.24, 2.45) is 0 Å². The van der Waals surface area contributed by atoms with Gasteiger partial charge in [-0.15, -0.1) is 0 Å². The highest BCUT2D eigenvalue weighted by Crippen LogP contribution is 2.58. The van der Waals surface area contributed by atoms with Crippen molar-refractivity contribution in [1.29, 1.82) is 0 Å². The molecule has 1 aliphatic carbocycles. The van der Waals surface area contributed by atoms with Crippen molar-refractivity contribution in [3.8, 4) is 11.4 Å². The Bertz CT molecular complexity index is 1200. The van der Waals surface area contributed by atoms with Gasteiger partial charge in [-0.3, -0.25) is 9.48 Å². The Hall–Kier alpha value is -3.33. The Morgan fingerprint density at radius 2 is 2.06 bits per heavy atom. The lowest BCUT2D eigenvalue weighted by molar-refractivity contribution is -0.114. The van der Waals surface area contributed by atoms with Crippen molar-refractivity contribution < 1.29 is 9.53 Å². The van der Waals surface area contributed by atoms with E-state index in [2.05, 4.69) is 25.3 Å². The highest BCUT2D eigenvalue weighted by Gasteiger charge is 2.52. The highest BCUT2D eigenvalue weighted by molar-refractivity contribution is 5.89. The van der Waals surface area contributed by atoms with Gasteiger partial charge in [-0.1, -0.05) is 0 Å². The molecule has 0 radical (unpaired) electrons. The summed E-state index contributed by atoms with van der Waals surface area (Å²) in [5.74, 6) is 1.94. The first-order valence-electron chi connectivity index (χ1n) is 10.5. The quantitative estimate of drug-likeness (QED) is 0.697. The molecule has 0 bridgehead atoms. The highest BCUT2D eigenvalue weighted by atomic mass is 16.5. The topological polar surface area (TPSA) is 98.1 Å². The van der Waals surface area contributed by atoms with Crippen LogP contribution in [0.1, 0.15) is 37.1 Å². The van der Waals surface area contributed by atoms with Crippen LogP contribution in [-0.2, 0) is 14.9 Å². The Morgan fingerprint density at radius 3 is 2.77 bits per heavy atom. The van der Waals surface area contributed by atoms with Crippen LogP contribution in [-0.4, -0.2) is 50.4 Å². The second-order valence-corrected chi connectivity index (χ2v) is 8.73. The molecule has 1 amide bonds. The van der Waals surface area contributed by atoms with Crippen LogP contribution >= 0.6 is 0 Å². The van der Waals surface area contributed by atoms with Gasteiger partial charge in [0.15, 0.2) is 5.82 Å². The fourth-order valence-electron chi connectivity index (χ4n) is 4.43. The fraction of sp³-hybridized carbons (Fsp3) is 0.409. The molecule has 31 heavy (non-hydrogen) atoms. The molecule has 3 aliphatic rings. The SMILES string of the molecule is CC(=O)Nc1cc2c(cn1)C1(CC1)CN2c1cc(C)nc(-c2cnn(C3COC3)c2)n1. The molecule has 1 spiro atoms. The van der Waals surface area contributed by atoms with E-state index in [0.29, 0.717) is 24.9 Å². The number of fused-ring (bicyclic) bond motifs is 2. The Kier molecular flexibility index (Phi) is 3.92. The van der Waals surface area contributed by atoms with E-state index in [1.807, 2.05) is 42.3 Å². The van der Waals surface area contributed by atoms with E-state index in [1.165, 1.54) is 12.5 Å². The van der Waals surface area contributed by atoms with Crippen LogP contribution in [0.25, 0.3) is 11.4 Å². The van der Waals surface area contributed by atoms with Gasteiger partial charge in [-0.05, 0) is 19.8 Å². The van der Waals surface area contributed by atoms with Crippen LogP contribution in [0.2, 0.25) is 0 Å². The van der Waals surface area contributed by atoms with E-state index in [-0.39, 0.29) is 17.4 Å². The first-order valence-corrected chi connectivity index (χ1v) is 10.5. The molecule has 0 unspecified atom stereocenters. The predicted octanol–water partition coefficient (Wildman–Crippen LogP) is 2.76. The van der Waals surface area contributed by atoms with Crippen molar-refractivity contribution in [2.75, 3.05) is 30.0 Å². The van der Waals surface area contributed by atoms with E-state index in [4.69, 9.17) is 9.72 Å². The van der Waals surface area contributed by atoms with Crippen LogP contribution in [0.5, 0.6) is 0 Å². The van der Waals surface area contributed by atoms with E-state index < -0.39 is 0 Å². The van der Waals surface area contributed by atoms with Crippen LogP contribution in [0, 0.1) is 6.92 Å². The zero-order chi connectivity index (χ0) is 21.2. The second-order valence-electron chi connectivity index (χ2n) is 8.73. The van der Waals surface area contributed by atoms with E-state index in [9.17, 15) is 4.79 Å². The minimum atomic E-state index is -0.132. The second kappa shape index (κ2) is 6.58. The molecule has 5 heterocycles. The predicted molar refractivity (Wildman–Crippen MR) is 114 cm³/mol. The largest absolute Gasteiger partial charge is 0.377 e. The van der Waals surface area contributed by atoms with Gasteiger partial charge in [0.2, 0.25) is 5.91 Å². The molecule has 1 saturated carbocycles. The van der Waals surface area contributed by atoms with Gasteiger partial charge in [0.05, 0.1) is 36.7 Å². The molecule has 3 aromatic rings. The van der Waals surface area contributed by atoms with Crippen molar-refractivity contribution in [2.45, 2.75) is 38.1 Å². The van der Waals surface area contributed by atoms with Crippen LogP contribution in [0.15, 0.2) is 30.7 Å². The number of anilines is 3. The van der Waals surface area contributed by atoms with Crippen molar-refractivity contribution in [3.63, 3.8) is 0 Å². The summed E-state index contributed by atoms with van der Waals surface area (Å²) >= 11 is 0. The molecule has 6 rings (SSSR count). The monoisotopic (exact) mass is 417 g/mol. The summed E-state index contributed by atoms with van der Waals surface area (Å²) in [5, 5.41) is 7.27. The first kappa shape index (κ1) is 18.4. The molecule has 3 aromatic heterocycles. The molecule has 1 N–H and O–H groups in total. The Balaban J connectivity index is 1.39. The number of amides is 1. The molecule has 9 nitrogen and oxygen atoms in total. The number of aromatic nitrogens is 5. The number of hydrogen-bond donors (Lipinski definition) is 1. The smallest absolute Gasteiger partial charge is 0.222 e. The Morgan fingerprint density at radius 1 is 1.23 bits per heavy atom. The number of rotatable bonds is 4. The van der Waals surface area contributed by atoms with Crippen LogP contribution in [0.4, 0.5) is 17.3 Å². The first-order chi connectivity index (χ1) is 15.0. The third kappa shape index (κ3) is 3.07.